The zero-order valence-electron chi connectivity index (χ0n) is 10.5. The van der Waals surface area contributed by atoms with Crippen LogP contribution in [0.1, 0.15) is 13.8 Å². The highest BCUT2D eigenvalue weighted by molar-refractivity contribution is 5.57. The van der Waals surface area contributed by atoms with Crippen molar-refractivity contribution >= 4 is 11.9 Å². The molecule has 19 heavy (non-hydrogen) atoms. The van der Waals surface area contributed by atoms with Crippen LogP contribution in [0.15, 0.2) is 18.2 Å². The van der Waals surface area contributed by atoms with Crippen LogP contribution in [0.3, 0.4) is 0 Å². The van der Waals surface area contributed by atoms with Crippen molar-refractivity contribution in [3.63, 3.8) is 0 Å². The number of hydrogen-bond acceptors (Lipinski definition) is 5. The Bertz CT molecular complexity index is 580. The van der Waals surface area contributed by atoms with Gasteiger partial charge in [-0.25, -0.2) is 8.78 Å². The Labute approximate surface area is 108 Å². The molecule has 0 bridgehead atoms. The van der Waals surface area contributed by atoms with Crippen molar-refractivity contribution in [3.05, 3.63) is 29.8 Å². The monoisotopic (exact) mass is 265 g/mol. The van der Waals surface area contributed by atoms with Crippen LogP contribution in [-0.2, 0) is 0 Å². The van der Waals surface area contributed by atoms with Gasteiger partial charge in [0.2, 0.25) is 11.9 Å². The summed E-state index contributed by atoms with van der Waals surface area (Å²) < 4.78 is 26.3. The molecule has 100 valence electrons. The van der Waals surface area contributed by atoms with Gasteiger partial charge in [0.1, 0.15) is 11.6 Å². The summed E-state index contributed by atoms with van der Waals surface area (Å²) >= 11 is 0. The van der Waals surface area contributed by atoms with Crippen molar-refractivity contribution in [1.29, 1.82) is 0 Å². The lowest BCUT2D eigenvalue weighted by Crippen LogP contribution is -2.14. The van der Waals surface area contributed by atoms with Gasteiger partial charge in [-0.15, -0.1) is 0 Å². The summed E-state index contributed by atoms with van der Waals surface area (Å²) in [6.07, 6.45) is 0. The highest BCUT2D eigenvalue weighted by Gasteiger charge is 2.10. The van der Waals surface area contributed by atoms with Crippen molar-refractivity contribution in [2.75, 3.05) is 11.1 Å². The highest BCUT2D eigenvalue weighted by atomic mass is 19.1. The molecule has 0 unspecified atom stereocenters. The number of rotatable bonds is 3. The average Bonchev–Trinajstić information content (AvgIpc) is 2.25. The van der Waals surface area contributed by atoms with E-state index in [1.807, 2.05) is 13.8 Å². The van der Waals surface area contributed by atoms with E-state index < -0.39 is 11.6 Å². The molecule has 0 fully saturated rings. The first-order valence-corrected chi connectivity index (χ1v) is 5.68. The van der Waals surface area contributed by atoms with E-state index in [0.29, 0.717) is 0 Å². The summed E-state index contributed by atoms with van der Waals surface area (Å²) in [7, 11) is 0. The summed E-state index contributed by atoms with van der Waals surface area (Å²) in [6, 6.07) is 3.15. The van der Waals surface area contributed by atoms with Crippen LogP contribution in [0.2, 0.25) is 0 Å². The molecule has 1 aromatic carbocycles. The fraction of sp³-hybridized carbons (Fsp3) is 0.250. The Morgan fingerprint density at radius 3 is 2.26 bits per heavy atom. The number of anilines is 2. The van der Waals surface area contributed by atoms with E-state index in [1.54, 1.807) is 0 Å². The number of halogens is 2. The van der Waals surface area contributed by atoms with Gasteiger partial charge in [0.15, 0.2) is 5.82 Å². The molecule has 0 saturated heterocycles. The molecule has 0 aliphatic carbocycles. The molecule has 7 heteroatoms. The van der Waals surface area contributed by atoms with Crippen LogP contribution in [0.4, 0.5) is 20.7 Å². The summed E-state index contributed by atoms with van der Waals surface area (Å²) in [5.74, 6) is -1.03. The molecule has 5 nitrogen and oxygen atoms in total. The normalized spacial score (nSPS) is 10.8. The Kier molecular flexibility index (Phi) is 3.55. The minimum atomic E-state index is -0.702. The number of hydrogen-bond donors (Lipinski definition) is 2. The van der Waals surface area contributed by atoms with E-state index in [0.717, 1.165) is 18.2 Å². The summed E-state index contributed by atoms with van der Waals surface area (Å²) in [5, 5.41) is 2.96. The summed E-state index contributed by atoms with van der Waals surface area (Å²) in [4.78, 5) is 11.9. The molecule has 2 rings (SSSR count). The maximum absolute atomic E-state index is 13.2. The Morgan fingerprint density at radius 1 is 1.05 bits per heavy atom. The van der Waals surface area contributed by atoms with Gasteiger partial charge in [-0.3, -0.25) is 0 Å². The van der Waals surface area contributed by atoms with Crippen molar-refractivity contribution in [2.45, 2.75) is 19.9 Å². The average molecular weight is 265 g/mol. The zero-order valence-corrected chi connectivity index (χ0v) is 10.5. The molecule has 1 aromatic heterocycles. The minimum Gasteiger partial charge on any atom is -0.368 e. The van der Waals surface area contributed by atoms with Crippen molar-refractivity contribution < 1.29 is 8.78 Å². The number of benzene rings is 1. The molecule has 0 radical (unpaired) electrons. The predicted molar refractivity (Wildman–Crippen MR) is 68.4 cm³/mol. The first-order chi connectivity index (χ1) is 8.94. The SMILES string of the molecule is CC(C)Nc1nc(N)nc(-c2cc(F)cc(F)c2)n1. The first kappa shape index (κ1) is 13.1. The molecule has 0 aliphatic rings. The molecular formula is C12H13F2N5. The second-order valence-electron chi connectivity index (χ2n) is 4.30. The van der Waals surface area contributed by atoms with Gasteiger partial charge in [0.05, 0.1) is 0 Å². The van der Waals surface area contributed by atoms with Crippen LogP contribution in [0.5, 0.6) is 0 Å². The Hall–Kier alpha value is -2.31. The van der Waals surface area contributed by atoms with Crippen molar-refractivity contribution in [3.8, 4) is 11.4 Å². The summed E-state index contributed by atoms with van der Waals surface area (Å²) in [5.41, 5.74) is 5.77. The topological polar surface area (TPSA) is 76.7 Å². The number of nitrogen functional groups attached to an aromatic ring is 1. The third-order valence-electron chi connectivity index (χ3n) is 2.19. The van der Waals surface area contributed by atoms with E-state index in [4.69, 9.17) is 5.73 Å². The fourth-order valence-electron chi connectivity index (χ4n) is 1.53. The van der Waals surface area contributed by atoms with Crippen LogP contribution in [0, 0.1) is 11.6 Å². The largest absolute Gasteiger partial charge is 0.368 e. The quantitative estimate of drug-likeness (QED) is 0.889. The smallest absolute Gasteiger partial charge is 0.228 e. The lowest BCUT2D eigenvalue weighted by molar-refractivity contribution is 0.584. The van der Waals surface area contributed by atoms with Gasteiger partial charge in [-0.2, -0.15) is 15.0 Å². The molecular weight excluding hydrogens is 252 g/mol. The molecule has 2 aromatic rings. The van der Waals surface area contributed by atoms with Gasteiger partial charge in [0, 0.05) is 17.7 Å². The zero-order chi connectivity index (χ0) is 14.0. The third-order valence-corrected chi connectivity index (χ3v) is 2.19. The van der Waals surface area contributed by atoms with E-state index >= 15 is 0 Å². The van der Waals surface area contributed by atoms with Crippen molar-refractivity contribution in [2.24, 2.45) is 0 Å². The van der Waals surface area contributed by atoms with Crippen LogP contribution in [0.25, 0.3) is 11.4 Å². The van der Waals surface area contributed by atoms with Gasteiger partial charge >= 0.3 is 0 Å². The Morgan fingerprint density at radius 2 is 1.68 bits per heavy atom. The summed E-state index contributed by atoms with van der Waals surface area (Å²) in [6.45, 7) is 3.81. The molecule has 0 atom stereocenters. The number of nitrogens with zero attached hydrogens (tertiary/aromatic N) is 3. The molecule has 3 N–H and O–H groups in total. The Balaban J connectivity index is 2.46. The second kappa shape index (κ2) is 5.13. The number of nitrogens with one attached hydrogen (secondary N) is 1. The standard InChI is InChI=1S/C12H13F2N5/c1-6(2)16-12-18-10(17-11(15)19-12)7-3-8(13)5-9(14)4-7/h3-6H,1-2H3,(H3,15,16,17,18,19). The molecule has 0 aliphatic heterocycles. The van der Waals surface area contributed by atoms with E-state index in [-0.39, 0.29) is 29.3 Å². The maximum Gasteiger partial charge on any atom is 0.228 e. The highest BCUT2D eigenvalue weighted by Crippen LogP contribution is 2.19. The van der Waals surface area contributed by atoms with E-state index in [9.17, 15) is 8.78 Å². The van der Waals surface area contributed by atoms with Gasteiger partial charge in [-0.1, -0.05) is 0 Å². The van der Waals surface area contributed by atoms with E-state index in [2.05, 4.69) is 20.3 Å². The molecule has 1 heterocycles. The van der Waals surface area contributed by atoms with Gasteiger partial charge in [-0.05, 0) is 26.0 Å². The molecule has 0 amide bonds. The maximum atomic E-state index is 13.2. The molecule has 0 spiro atoms. The number of aromatic nitrogens is 3. The van der Waals surface area contributed by atoms with Crippen LogP contribution < -0.4 is 11.1 Å². The number of nitrogens with two attached hydrogens (primary N) is 1. The van der Waals surface area contributed by atoms with Gasteiger partial charge < -0.3 is 11.1 Å². The van der Waals surface area contributed by atoms with Crippen LogP contribution >= 0.6 is 0 Å². The van der Waals surface area contributed by atoms with E-state index in [1.165, 1.54) is 0 Å². The predicted octanol–water partition coefficient (Wildman–Crippen LogP) is 2.22. The lowest BCUT2D eigenvalue weighted by atomic mass is 10.2. The lowest BCUT2D eigenvalue weighted by Gasteiger charge is -2.09. The molecule has 0 saturated carbocycles. The fourth-order valence-corrected chi connectivity index (χ4v) is 1.53. The second-order valence-corrected chi connectivity index (χ2v) is 4.30. The van der Waals surface area contributed by atoms with Gasteiger partial charge in [0.25, 0.3) is 0 Å². The van der Waals surface area contributed by atoms with Crippen LogP contribution in [-0.4, -0.2) is 21.0 Å². The van der Waals surface area contributed by atoms with Crippen molar-refractivity contribution in [1.82, 2.24) is 15.0 Å². The first-order valence-electron chi connectivity index (χ1n) is 5.68. The third kappa shape index (κ3) is 3.34. The minimum absolute atomic E-state index is 0.0159.